The van der Waals surface area contributed by atoms with Gasteiger partial charge in [-0.3, -0.25) is 10.1 Å². The van der Waals surface area contributed by atoms with Gasteiger partial charge in [0.2, 0.25) is 0 Å². The highest BCUT2D eigenvalue weighted by Crippen LogP contribution is 2.40. The zero-order valence-electron chi connectivity index (χ0n) is 14.2. The molecule has 0 radical (unpaired) electrons. The van der Waals surface area contributed by atoms with Crippen LogP contribution in [0.2, 0.25) is 10.0 Å². The van der Waals surface area contributed by atoms with E-state index in [1.54, 1.807) is 18.2 Å². The summed E-state index contributed by atoms with van der Waals surface area (Å²) in [4.78, 5) is 25.4. The van der Waals surface area contributed by atoms with Crippen molar-refractivity contribution in [2.24, 2.45) is 11.7 Å². The van der Waals surface area contributed by atoms with Gasteiger partial charge in [0.15, 0.2) is 0 Å². The molecule has 1 aromatic carbocycles. The number of fused-ring (bicyclic) bond motifs is 1. The first-order valence-corrected chi connectivity index (χ1v) is 9.93. The molecule has 1 aromatic heterocycles. The van der Waals surface area contributed by atoms with Gasteiger partial charge in [0, 0.05) is 10.6 Å². The number of amides is 3. The first-order valence-electron chi connectivity index (χ1n) is 8.36. The van der Waals surface area contributed by atoms with E-state index < -0.39 is 11.9 Å². The average Bonchev–Trinajstić information content (AvgIpc) is 2.94. The Morgan fingerprint density at radius 3 is 2.69 bits per heavy atom. The third-order valence-corrected chi connectivity index (χ3v) is 6.50. The van der Waals surface area contributed by atoms with Crippen LogP contribution in [0.3, 0.4) is 0 Å². The maximum absolute atomic E-state index is 12.3. The highest BCUT2D eigenvalue weighted by Gasteiger charge is 2.28. The Hall–Kier alpha value is -1.76. The summed E-state index contributed by atoms with van der Waals surface area (Å²) < 4.78 is 0. The SMILES string of the molecule is CC[C@@H]1CCc2c(sc(NC(=O)Nc3ccc(Cl)c(Cl)c3)c2C(N)=O)C1. The number of anilines is 2. The lowest BCUT2D eigenvalue weighted by Gasteiger charge is -2.20. The summed E-state index contributed by atoms with van der Waals surface area (Å²) in [5.74, 6) is 0.0991. The molecule has 3 amide bonds. The Balaban J connectivity index is 1.80. The molecule has 1 heterocycles. The van der Waals surface area contributed by atoms with Crippen molar-refractivity contribution in [1.29, 1.82) is 0 Å². The van der Waals surface area contributed by atoms with Crippen molar-refractivity contribution >= 4 is 57.2 Å². The van der Waals surface area contributed by atoms with Crippen molar-refractivity contribution in [2.75, 3.05) is 10.6 Å². The van der Waals surface area contributed by atoms with E-state index in [-0.39, 0.29) is 0 Å². The summed E-state index contributed by atoms with van der Waals surface area (Å²) in [5, 5.41) is 6.69. The van der Waals surface area contributed by atoms with Gasteiger partial charge < -0.3 is 11.1 Å². The number of benzene rings is 1. The van der Waals surface area contributed by atoms with Crippen molar-refractivity contribution < 1.29 is 9.59 Å². The van der Waals surface area contributed by atoms with Gasteiger partial charge in [-0.1, -0.05) is 36.5 Å². The lowest BCUT2D eigenvalue weighted by Crippen LogP contribution is -2.22. The van der Waals surface area contributed by atoms with Crippen LogP contribution in [0.4, 0.5) is 15.5 Å². The van der Waals surface area contributed by atoms with Crippen LogP contribution in [-0.4, -0.2) is 11.9 Å². The van der Waals surface area contributed by atoms with Crippen LogP contribution in [0.25, 0.3) is 0 Å². The Morgan fingerprint density at radius 1 is 1.27 bits per heavy atom. The molecule has 0 spiro atoms. The molecule has 4 N–H and O–H groups in total. The summed E-state index contributed by atoms with van der Waals surface area (Å²) in [6.45, 7) is 2.17. The molecule has 8 heteroatoms. The largest absolute Gasteiger partial charge is 0.365 e. The van der Waals surface area contributed by atoms with E-state index in [4.69, 9.17) is 28.9 Å². The highest BCUT2D eigenvalue weighted by atomic mass is 35.5. The van der Waals surface area contributed by atoms with Crippen LogP contribution >= 0.6 is 34.5 Å². The Morgan fingerprint density at radius 2 is 2.04 bits per heavy atom. The fraction of sp³-hybridized carbons (Fsp3) is 0.333. The van der Waals surface area contributed by atoms with Gasteiger partial charge in [-0.2, -0.15) is 0 Å². The lowest BCUT2D eigenvalue weighted by atomic mass is 9.85. The van der Waals surface area contributed by atoms with E-state index >= 15 is 0 Å². The first kappa shape index (κ1) is 19.0. The summed E-state index contributed by atoms with van der Waals surface area (Å²) in [6.07, 6.45) is 3.88. The molecule has 138 valence electrons. The van der Waals surface area contributed by atoms with Gasteiger partial charge >= 0.3 is 6.03 Å². The number of nitrogens with one attached hydrogen (secondary N) is 2. The second-order valence-electron chi connectivity index (χ2n) is 6.30. The predicted molar refractivity (Wildman–Crippen MR) is 108 cm³/mol. The molecule has 1 aliphatic rings. The smallest absolute Gasteiger partial charge is 0.324 e. The molecule has 1 atom stereocenters. The summed E-state index contributed by atoms with van der Waals surface area (Å²) in [7, 11) is 0. The van der Waals surface area contributed by atoms with Crippen LogP contribution < -0.4 is 16.4 Å². The van der Waals surface area contributed by atoms with Crippen molar-refractivity contribution in [2.45, 2.75) is 32.6 Å². The summed E-state index contributed by atoms with van der Waals surface area (Å²) in [5.41, 5.74) is 7.50. The number of halogens is 2. The number of thiophene rings is 1. The minimum absolute atomic E-state index is 0.347. The van der Waals surface area contributed by atoms with Crippen molar-refractivity contribution in [1.82, 2.24) is 0 Å². The number of hydrogen-bond acceptors (Lipinski definition) is 3. The quantitative estimate of drug-likeness (QED) is 0.636. The summed E-state index contributed by atoms with van der Waals surface area (Å²) in [6, 6.07) is 4.34. The Bertz CT molecular complexity index is 866. The monoisotopic (exact) mass is 411 g/mol. The van der Waals surface area contributed by atoms with Crippen molar-refractivity contribution in [3.8, 4) is 0 Å². The zero-order valence-corrected chi connectivity index (χ0v) is 16.5. The normalized spacial score (nSPS) is 16.0. The molecule has 26 heavy (non-hydrogen) atoms. The van der Waals surface area contributed by atoms with Crippen LogP contribution in [0.1, 0.15) is 40.6 Å². The molecule has 3 rings (SSSR count). The molecule has 5 nitrogen and oxygen atoms in total. The minimum atomic E-state index is -0.512. The Kier molecular flexibility index (Phi) is 5.75. The average molecular weight is 412 g/mol. The van der Waals surface area contributed by atoms with E-state index in [0.29, 0.717) is 32.2 Å². The van der Waals surface area contributed by atoms with E-state index in [0.717, 1.165) is 36.1 Å². The molecule has 0 aliphatic heterocycles. The maximum atomic E-state index is 12.3. The topological polar surface area (TPSA) is 84.2 Å². The molecule has 0 unspecified atom stereocenters. The van der Waals surface area contributed by atoms with Gasteiger partial charge in [0.05, 0.1) is 15.6 Å². The zero-order chi connectivity index (χ0) is 18.8. The molecule has 0 saturated carbocycles. The van der Waals surface area contributed by atoms with E-state index in [1.807, 2.05) is 0 Å². The lowest BCUT2D eigenvalue weighted by molar-refractivity contribution is 0.1000. The van der Waals surface area contributed by atoms with Gasteiger partial charge in [-0.25, -0.2) is 4.79 Å². The number of nitrogens with two attached hydrogens (primary N) is 1. The number of hydrogen-bond donors (Lipinski definition) is 3. The van der Waals surface area contributed by atoms with Crippen molar-refractivity contribution in [3.05, 3.63) is 44.2 Å². The molecular weight excluding hydrogens is 393 g/mol. The minimum Gasteiger partial charge on any atom is -0.365 e. The van der Waals surface area contributed by atoms with Crippen LogP contribution in [-0.2, 0) is 12.8 Å². The fourth-order valence-electron chi connectivity index (χ4n) is 3.19. The van der Waals surface area contributed by atoms with E-state index in [1.165, 1.54) is 11.3 Å². The van der Waals surface area contributed by atoms with Crippen LogP contribution in [0.5, 0.6) is 0 Å². The highest BCUT2D eigenvalue weighted by molar-refractivity contribution is 7.17. The van der Waals surface area contributed by atoms with E-state index in [2.05, 4.69) is 17.6 Å². The number of carbonyl (C=O) groups excluding carboxylic acids is 2. The predicted octanol–water partition coefficient (Wildman–Crippen LogP) is 5.31. The van der Waals surface area contributed by atoms with Crippen LogP contribution in [0.15, 0.2) is 18.2 Å². The van der Waals surface area contributed by atoms with Gasteiger partial charge in [-0.05, 0) is 48.9 Å². The summed E-state index contributed by atoms with van der Waals surface area (Å²) >= 11 is 13.3. The molecule has 1 aliphatic carbocycles. The van der Waals surface area contributed by atoms with Crippen LogP contribution in [0, 0.1) is 5.92 Å². The van der Waals surface area contributed by atoms with Gasteiger partial charge in [0.1, 0.15) is 5.00 Å². The molecule has 0 fully saturated rings. The van der Waals surface area contributed by atoms with Gasteiger partial charge in [0.25, 0.3) is 5.91 Å². The van der Waals surface area contributed by atoms with Gasteiger partial charge in [-0.15, -0.1) is 11.3 Å². The molecular formula is C18H19Cl2N3O2S. The number of rotatable bonds is 4. The molecule has 0 saturated heterocycles. The fourth-order valence-corrected chi connectivity index (χ4v) is 4.85. The molecule has 2 aromatic rings. The second-order valence-corrected chi connectivity index (χ2v) is 8.22. The third kappa shape index (κ3) is 3.98. The number of carbonyl (C=O) groups is 2. The third-order valence-electron chi connectivity index (χ3n) is 4.60. The standard InChI is InChI=1S/C18H19Cl2N3O2S/c1-2-9-3-5-11-14(7-9)26-17(15(11)16(21)24)23-18(25)22-10-4-6-12(19)13(20)8-10/h4,6,8-9H,2-3,5,7H2,1H3,(H2,21,24)(H2,22,23,25)/t9-/m1/s1. The number of urea groups is 1. The first-order chi connectivity index (χ1) is 12.4. The Labute approximate surface area is 165 Å². The number of primary amides is 1. The molecule has 0 bridgehead atoms. The maximum Gasteiger partial charge on any atom is 0.324 e. The second kappa shape index (κ2) is 7.86. The van der Waals surface area contributed by atoms with Crippen molar-refractivity contribution in [3.63, 3.8) is 0 Å². The van der Waals surface area contributed by atoms with E-state index in [9.17, 15) is 9.59 Å².